The third-order valence-corrected chi connectivity index (χ3v) is 8.54. The van der Waals surface area contributed by atoms with Crippen LogP contribution in [0.5, 0.6) is 11.5 Å². The summed E-state index contributed by atoms with van der Waals surface area (Å²) >= 11 is 2.08. The highest BCUT2D eigenvalue weighted by Gasteiger charge is 2.85. The molecule has 42 heavy (non-hydrogen) atoms. The second kappa shape index (κ2) is 14.1. The minimum Gasteiger partial charge on any atom is -0.494 e. The lowest BCUT2D eigenvalue weighted by molar-refractivity contribution is -0.382. The predicted molar refractivity (Wildman–Crippen MR) is 142 cm³/mol. The van der Waals surface area contributed by atoms with Crippen LogP contribution in [0, 0.1) is 0 Å². The normalized spacial score (nSPS) is 16.7. The van der Waals surface area contributed by atoms with E-state index in [-0.39, 0.29) is 0 Å². The molecule has 0 saturated carbocycles. The molecule has 1 saturated heterocycles. The second-order valence-electron chi connectivity index (χ2n) is 9.40. The van der Waals surface area contributed by atoms with Crippen LogP contribution in [-0.4, -0.2) is 55.2 Å². The van der Waals surface area contributed by atoms with Crippen molar-refractivity contribution in [3.8, 4) is 11.5 Å². The molecule has 5 nitrogen and oxygen atoms in total. The van der Waals surface area contributed by atoms with E-state index >= 15 is 0 Å². The van der Waals surface area contributed by atoms with Crippen molar-refractivity contribution < 1.29 is 62.0 Å². The molecule has 0 aromatic heterocycles. The summed E-state index contributed by atoms with van der Waals surface area (Å²) in [4.78, 5) is 0. The standard InChI is InChI=1S/C22H30O2S.C4HF9O3S/c1-3-5-13-23-17-9-10-18-20(16-17)19(22-8-7-15-25-22)11-12-21(18)24-14-6-4-2;5-1(6,3(9,10)11)2(7,8)4(12,13)17(14,15)16/h9-12,16,22H,3-8,13-15H2,1-2H3;(H,14,15,16). The zero-order valence-electron chi connectivity index (χ0n) is 22.6. The zero-order chi connectivity index (χ0) is 32.0. The smallest absolute Gasteiger partial charge is 0.460 e. The van der Waals surface area contributed by atoms with Gasteiger partial charge in [-0.3, -0.25) is 4.55 Å². The molecular weight excluding hydrogens is 627 g/mol. The molecule has 1 unspecified atom stereocenters. The van der Waals surface area contributed by atoms with Crippen LogP contribution in [0.15, 0.2) is 30.3 Å². The van der Waals surface area contributed by atoms with Gasteiger partial charge in [0.1, 0.15) is 11.5 Å². The summed E-state index contributed by atoms with van der Waals surface area (Å²) in [5, 5.41) is -3.86. The van der Waals surface area contributed by atoms with Crippen LogP contribution in [-0.2, 0) is 10.1 Å². The Labute approximate surface area is 241 Å². The summed E-state index contributed by atoms with van der Waals surface area (Å²) < 4.78 is 146. The van der Waals surface area contributed by atoms with Gasteiger partial charge in [0.15, 0.2) is 0 Å². The maximum atomic E-state index is 12.2. The number of alkyl halides is 9. The number of fused-ring (bicyclic) bond motifs is 1. The number of rotatable bonds is 12. The van der Waals surface area contributed by atoms with Crippen molar-refractivity contribution in [1.29, 1.82) is 0 Å². The van der Waals surface area contributed by atoms with Crippen molar-refractivity contribution in [1.82, 2.24) is 0 Å². The van der Waals surface area contributed by atoms with Crippen molar-refractivity contribution in [3.63, 3.8) is 0 Å². The Hall–Kier alpha value is -2.07. The van der Waals surface area contributed by atoms with E-state index in [0.717, 1.165) is 50.4 Å². The predicted octanol–water partition coefficient (Wildman–Crippen LogP) is 9.07. The lowest BCUT2D eigenvalue weighted by Crippen LogP contribution is -2.63. The van der Waals surface area contributed by atoms with Gasteiger partial charge < -0.3 is 9.47 Å². The number of benzene rings is 2. The SMILES string of the molecule is CCCCOc1ccc2c(OCCCC)ccc(C3CCCS3)c2c1.O=S(=O)(O)C(F)(F)C(F)(F)C(F)(F)C(F)(F)F. The molecule has 1 N–H and O–H groups in total. The molecule has 2 aromatic rings. The summed E-state index contributed by atoms with van der Waals surface area (Å²) in [5.41, 5.74) is 1.45. The van der Waals surface area contributed by atoms with Crippen LogP contribution < -0.4 is 9.47 Å². The molecule has 0 bridgehead atoms. The van der Waals surface area contributed by atoms with Crippen LogP contribution in [0.4, 0.5) is 39.5 Å². The van der Waals surface area contributed by atoms with E-state index in [1.807, 2.05) is 0 Å². The molecule has 0 spiro atoms. The molecule has 3 rings (SSSR count). The number of halogens is 9. The molecule has 1 heterocycles. The minimum atomic E-state index is -7.37. The Morgan fingerprint density at radius 2 is 1.45 bits per heavy atom. The lowest BCUT2D eigenvalue weighted by atomic mass is 9.99. The van der Waals surface area contributed by atoms with Crippen molar-refractivity contribution >= 4 is 32.7 Å². The molecule has 1 atom stereocenters. The number of hydrogen-bond donors (Lipinski definition) is 1. The molecule has 240 valence electrons. The Morgan fingerprint density at radius 1 is 0.857 bits per heavy atom. The third kappa shape index (κ3) is 7.90. The number of ether oxygens (including phenoxy) is 2. The van der Waals surface area contributed by atoms with E-state index in [1.54, 1.807) is 0 Å². The topological polar surface area (TPSA) is 72.8 Å². The van der Waals surface area contributed by atoms with E-state index in [9.17, 15) is 47.9 Å². The second-order valence-corrected chi connectivity index (χ2v) is 12.2. The fourth-order valence-electron chi connectivity index (χ4n) is 3.83. The fraction of sp³-hybridized carbons (Fsp3) is 0.615. The van der Waals surface area contributed by atoms with Gasteiger partial charge in [0.05, 0.1) is 13.2 Å². The highest BCUT2D eigenvalue weighted by atomic mass is 32.2. The molecule has 1 aliphatic rings. The summed E-state index contributed by atoms with van der Waals surface area (Å²) in [6.07, 6.45) is -0.0276. The largest absolute Gasteiger partial charge is 0.494 e. The molecule has 0 radical (unpaired) electrons. The molecular formula is C26H31F9O5S2. The van der Waals surface area contributed by atoms with Gasteiger partial charge in [0.2, 0.25) is 0 Å². The number of unbranched alkanes of at least 4 members (excludes halogenated alkanes) is 2. The van der Waals surface area contributed by atoms with Gasteiger partial charge in [0.25, 0.3) is 0 Å². The maximum Gasteiger partial charge on any atom is 0.460 e. The molecule has 16 heteroatoms. The van der Waals surface area contributed by atoms with Gasteiger partial charge in [-0.1, -0.05) is 32.8 Å². The highest BCUT2D eigenvalue weighted by molar-refractivity contribution is 7.99. The van der Waals surface area contributed by atoms with Gasteiger partial charge in [-0.15, -0.1) is 0 Å². The van der Waals surface area contributed by atoms with Crippen molar-refractivity contribution in [2.45, 2.75) is 80.9 Å². The van der Waals surface area contributed by atoms with E-state index in [1.165, 1.54) is 34.9 Å². The van der Waals surface area contributed by atoms with E-state index < -0.39 is 33.4 Å². The quantitative estimate of drug-likeness (QED) is 0.139. The third-order valence-electron chi connectivity index (χ3n) is 6.22. The Morgan fingerprint density at radius 3 is 1.95 bits per heavy atom. The first-order valence-corrected chi connectivity index (χ1v) is 15.4. The number of hydrogen-bond acceptors (Lipinski definition) is 5. The average molecular weight is 659 g/mol. The Balaban J connectivity index is 0.000000319. The summed E-state index contributed by atoms with van der Waals surface area (Å²) in [6.45, 7) is 5.97. The first kappa shape index (κ1) is 36.1. The van der Waals surface area contributed by atoms with Crippen molar-refractivity contribution in [2.75, 3.05) is 19.0 Å². The van der Waals surface area contributed by atoms with Crippen LogP contribution in [0.25, 0.3) is 10.8 Å². The lowest BCUT2D eigenvalue weighted by Gasteiger charge is -2.31. The average Bonchev–Trinajstić information content (AvgIpc) is 3.42. The highest BCUT2D eigenvalue weighted by Crippen LogP contribution is 2.54. The minimum absolute atomic E-state index is 0.609. The summed E-state index contributed by atoms with van der Waals surface area (Å²) in [7, 11) is -7.17. The molecule has 0 amide bonds. The monoisotopic (exact) mass is 658 g/mol. The van der Waals surface area contributed by atoms with Gasteiger partial charge in [0, 0.05) is 10.6 Å². The van der Waals surface area contributed by atoms with Crippen LogP contribution in [0.3, 0.4) is 0 Å². The van der Waals surface area contributed by atoms with Gasteiger partial charge in [-0.2, -0.15) is 59.7 Å². The molecule has 0 aliphatic carbocycles. The van der Waals surface area contributed by atoms with Crippen molar-refractivity contribution in [2.24, 2.45) is 0 Å². The van der Waals surface area contributed by atoms with Crippen LogP contribution in [0.2, 0.25) is 0 Å². The van der Waals surface area contributed by atoms with Gasteiger partial charge in [-0.25, -0.2) is 0 Å². The first-order valence-electron chi connectivity index (χ1n) is 12.9. The maximum absolute atomic E-state index is 12.2. The van der Waals surface area contributed by atoms with Crippen LogP contribution in [0.1, 0.15) is 63.2 Å². The van der Waals surface area contributed by atoms with Crippen molar-refractivity contribution in [3.05, 3.63) is 35.9 Å². The Bertz CT molecular complexity index is 1280. The van der Waals surface area contributed by atoms with Gasteiger partial charge in [-0.05, 0) is 66.7 Å². The summed E-state index contributed by atoms with van der Waals surface area (Å²) in [5.74, 6) is -11.5. The number of thioether (sulfide) groups is 1. The van der Waals surface area contributed by atoms with Crippen LogP contribution >= 0.6 is 11.8 Å². The van der Waals surface area contributed by atoms with E-state index in [0.29, 0.717) is 5.25 Å². The van der Waals surface area contributed by atoms with Gasteiger partial charge >= 0.3 is 33.4 Å². The fourth-order valence-corrected chi connectivity index (χ4v) is 5.61. The zero-order valence-corrected chi connectivity index (χ0v) is 24.3. The Kier molecular flexibility index (Phi) is 12.2. The molecule has 1 fully saturated rings. The first-order chi connectivity index (χ1) is 19.3. The summed E-state index contributed by atoms with van der Waals surface area (Å²) in [6, 6.07) is 11.0. The molecule has 1 aliphatic heterocycles. The van der Waals surface area contributed by atoms with E-state index in [4.69, 9.17) is 14.0 Å². The molecule has 2 aromatic carbocycles. The van der Waals surface area contributed by atoms with E-state index in [2.05, 4.69) is 55.9 Å².